The maximum Gasteiger partial charge on any atom is 0.222 e. The van der Waals surface area contributed by atoms with Crippen LogP contribution in [0.25, 0.3) is 0 Å². The largest absolute Gasteiger partial charge is 0.343 e. The molecule has 2 rings (SSSR count). The summed E-state index contributed by atoms with van der Waals surface area (Å²) in [6.45, 7) is 1.97. The van der Waals surface area contributed by atoms with Crippen molar-refractivity contribution >= 4 is 5.91 Å². The van der Waals surface area contributed by atoms with Gasteiger partial charge in [-0.05, 0) is 19.8 Å². The van der Waals surface area contributed by atoms with Gasteiger partial charge in [-0.25, -0.2) is 0 Å². The molecule has 4 nitrogen and oxygen atoms in total. The van der Waals surface area contributed by atoms with E-state index in [0.717, 1.165) is 6.42 Å². The Morgan fingerprint density at radius 2 is 1.94 bits per heavy atom. The lowest BCUT2D eigenvalue weighted by atomic mass is 9.94. The van der Waals surface area contributed by atoms with E-state index in [0.29, 0.717) is 12.5 Å². The summed E-state index contributed by atoms with van der Waals surface area (Å²) in [7, 11) is 1.95. The zero-order valence-electron chi connectivity index (χ0n) is 10.3. The third-order valence-electron chi connectivity index (χ3n) is 3.77. The summed E-state index contributed by atoms with van der Waals surface area (Å²) >= 11 is 0. The molecule has 1 fully saturated rings. The van der Waals surface area contributed by atoms with Crippen LogP contribution < -0.4 is 0 Å². The van der Waals surface area contributed by atoms with Gasteiger partial charge in [-0.1, -0.05) is 19.3 Å². The van der Waals surface area contributed by atoms with E-state index in [1.54, 1.807) is 0 Å². The second-order valence-electron chi connectivity index (χ2n) is 5.21. The first kappa shape index (κ1) is 11.6. The molecule has 0 aromatic heterocycles. The van der Waals surface area contributed by atoms with Gasteiger partial charge in [-0.2, -0.15) is 10.2 Å². The fraction of sp³-hybridized carbons (Fsp3) is 0.917. The van der Waals surface area contributed by atoms with E-state index in [-0.39, 0.29) is 11.6 Å². The molecule has 1 amide bonds. The molecule has 0 unspecified atom stereocenters. The molecule has 0 aromatic rings. The van der Waals surface area contributed by atoms with E-state index in [2.05, 4.69) is 10.2 Å². The molecular formula is C12H21N3O. The minimum absolute atomic E-state index is 0.233. The fourth-order valence-electron chi connectivity index (χ4n) is 2.38. The standard InChI is InChI=1S/C12H21N3O/c1-12(13-14-12)9-8-11(16)15(2)10-6-4-3-5-7-10/h10H,3-9H2,1-2H3. The van der Waals surface area contributed by atoms with Crippen molar-refractivity contribution < 1.29 is 4.79 Å². The van der Waals surface area contributed by atoms with Crippen molar-refractivity contribution in [3.05, 3.63) is 0 Å². The molecule has 16 heavy (non-hydrogen) atoms. The molecule has 0 atom stereocenters. The molecule has 0 bridgehead atoms. The van der Waals surface area contributed by atoms with Crippen LogP contribution in [0.1, 0.15) is 51.9 Å². The highest BCUT2D eigenvalue weighted by molar-refractivity contribution is 5.76. The second kappa shape index (κ2) is 4.52. The molecule has 4 heteroatoms. The molecule has 2 aliphatic rings. The van der Waals surface area contributed by atoms with Crippen LogP contribution in [0.4, 0.5) is 0 Å². The summed E-state index contributed by atoms with van der Waals surface area (Å²) < 4.78 is 0. The van der Waals surface area contributed by atoms with Crippen LogP contribution >= 0.6 is 0 Å². The van der Waals surface area contributed by atoms with Crippen LogP contribution in [0.2, 0.25) is 0 Å². The molecule has 1 saturated carbocycles. The highest BCUT2D eigenvalue weighted by atomic mass is 16.2. The predicted molar refractivity (Wildman–Crippen MR) is 62.1 cm³/mol. The summed E-state index contributed by atoms with van der Waals surface area (Å²) in [6.07, 6.45) is 7.56. The van der Waals surface area contributed by atoms with Crippen LogP contribution in [-0.2, 0) is 4.79 Å². The van der Waals surface area contributed by atoms with Crippen molar-refractivity contribution in [2.45, 2.75) is 63.6 Å². The van der Waals surface area contributed by atoms with Crippen molar-refractivity contribution in [1.82, 2.24) is 4.90 Å². The monoisotopic (exact) mass is 223 g/mol. The van der Waals surface area contributed by atoms with Gasteiger partial charge in [0.15, 0.2) is 5.66 Å². The lowest BCUT2D eigenvalue weighted by molar-refractivity contribution is -0.132. The van der Waals surface area contributed by atoms with Crippen LogP contribution in [0.5, 0.6) is 0 Å². The number of hydrogen-bond donors (Lipinski definition) is 0. The molecule has 0 aromatic carbocycles. The maximum absolute atomic E-state index is 12.0. The van der Waals surface area contributed by atoms with Gasteiger partial charge in [0.1, 0.15) is 0 Å². The summed E-state index contributed by atoms with van der Waals surface area (Å²) in [5.74, 6) is 0.255. The SMILES string of the molecule is CN(C(=O)CCC1(C)N=N1)C1CCCCC1. The van der Waals surface area contributed by atoms with E-state index in [4.69, 9.17) is 0 Å². The van der Waals surface area contributed by atoms with Crippen molar-refractivity contribution in [1.29, 1.82) is 0 Å². The first-order valence-corrected chi connectivity index (χ1v) is 6.30. The molecule has 0 radical (unpaired) electrons. The van der Waals surface area contributed by atoms with E-state index < -0.39 is 0 Å². The van der Waals surface area contributed by atoms with Crippen LogP contribution in [-0.4, -0.2) is 29.6 Å². The zero-order valence-corrected chi connectivity index (χ0v) is 10.3. The summed E-state index contributed by atoms with van der Waals surface area (Å²) in [5, 5.41) is 7.86. The molecular weight excluding hydrogens is 202 g/mol. The number of carbonyl (C=O) groups excluding carboxylic acids is 1. The van der Waals surface area contributed by atoms with Crippen LogP contribution in [0, 0.1) is 0 Å². The van der Waals surface area contributed by atoms with E-state index >= 15 is 0 Å². The minimum atomic E-state index is -0.233. The Balaban J connectivity index is 1.74. The van der Waals surface area contributed by atoms with E-state index in [1.165, 1.54) is 32.1 Å². The molecule has 0 N–H and O–H groups in total. The third kappa shape index (κ3) is 2.80. The minimum Gasteiger partial charge on any atom is -0.343 e. The lowest BCUT2D eigenvalue weighted by Crippen LogP contribution is -2.38. The normalized spacial score (nSPS) is 23.1. The summed E-state index contributed by atoms with van der Waals surface area (Å²) in [4.78, 5) is 13.9. The van der Waals surface area contributed by atoms with E-state index in [1.807, 2.05) is 18.9 Å². The van der Waals surface area contributed by atoms with Crippen molar-refractivity contribution in [3.8, 4) is 0 Å². The zero-order chi connectivity index (χ0) is 11.6. The smallest absolute Gasteiger partial charge is 0.222 e. The Hall–Kier alpha value is -0.930. The van der Waals surface area contributed by atoms with Crippen molar-refractivity contribution in [3.63, 3.8) is 0 Å². The van der Waals surface area contributed by atoms with Crippen LogP contribution in [0.3, 0.4) is 0 Å². The van der Waals surface area contributed by atoms with Crippen molar-refractivity contribution in [2.75, 3.05) is 7.05 Å². The summed E-state index contributed by atoms with van der Waals surface area (Å²) in [6, 6.07) is 0.474. The first-order chi connectivity index (χ1) is 7.61. The highest BCUT2D eigenvalue weighted by Gasteiger charge is 2.34. The van der Waals surface area contributed by atoms with Gasteiger partial charge in [0.2, 0.25) is 5.91 Å². The van der Waals surface area contributed by atoms with Gasteiger partial charge in [0, 0.05) is 25.9 Å². The van der Waals surface area contributed by atoms with E-state index in [9.17, 15) is 4.79 Å². The fourth-order valence-corrected chi connectivity index (χ4v) is 2.38. The average molecular weight is 223 g/mol. The molecule has 1 heterocycles. The number of carbonyl (C=O) groups is 1. The average Bonchev–Trinajstić information content (AvgIpc) is 3.05. The molecule has 1 aliphatic heterocycles. The number of rotatable bonds is 4. The number of amides is 1. The summed E-state index contributed by atoms with van der Waals surface area (Å²) in [5.41, 5.74) is -0.233. The van der Waals surface area contributed by atoms with Gasteiger partial charge < -0.3 is 4.90 Å². The lowest BCUT2D eigenvalue weighted by Gasteiger charge is -2.31. The van der Waals surface area contributed by atoms with Gasteiger partial charge in [-0.3, -0.25) is 4.79 Å². The number of hydrogen-bond acceptors (Lipinski definition) is 3. The predicted octanol–water partition coefficient (Wildman–Crippen LogP) is 2.74. The van der Waals surface area contributed by atoms with Gasteiger partial charge in [-0.15, -0.1) is 0 Å². The highest BCUT2D eigenvalue weighted by Crippen LogP contribution is 2.32. The topological polar surface area (TPSA) is 45.0 Å². The quantitative estimate of drug-likeness (QED) is 0.722. The first-order valence-electron chi connectivity index (χ1n) is 6.30. The Bertz CT molecular complexity index is 289. The Kier molecular flexibility index (Phi) is 3.26. The Morgan fingerprint density at radius 1 is 1.31 bits per heavy atom. The van der Waals surface area contributed by atoms with Gasteiger partial charge >= 0.3 is 0 Å². The second-order valence-corrected chi connectivity index (χ2v) is 5.21. The van der Waals surface area contributed by atoms with Gasteiger partial charge in [0.25, 0.3) is 0 Å². The molecule has 1 aliphatic carbocycles. The van der Waals surface area contributed by atoms with Crippen LogP contribution in [0.15, 0.2) is 10.2 Å². The number of nitrogens with zero attached hydrogens (tertiary/aromatic N) is 3. The molecule has 90 valence electrons. The molecule has 0 spiro atoms. The molecule has 0 saturated heterocycles. The Labute approximate surface area is 97.1 Å². The van der Waals surface area contributed by atoms with Crippen molar-refractivity contribution in [2.24, 2.45) is 10.2 Å². The maximum atomic E-state index is 12.0. The van der Waals surface area contributed by atoms with Gasteiger partial charge in [0.05, 0.1) is 0 Å². The third-order valence-corrected chi connectivity index (χ3v) is 3.77. The Morgan fingerprint density at radius 3 is 2.50 bits per heavy atom.